The Morgan fingerprint density at radius 2 is 1.90 bits per heavy atom. The molecule has 5 heteroatoms. The Balaban J connectivity index is 1.76. The van der Waals surface area contributed by atoms with E-state index in [1.54, 1.807) is 22.6 Å². The average molecular weight is 296 g/mol. The molecule has 1 heterocycles. The van der Waals surface area contributed by atoms with Crippen molar-refractivity contribution in [2.75, 3.05) is 11.6 Å². The smallest absolute Gasteiger partial charge is 0.0894 e. The van der Waals surface area contributed by atoms with Crippen LogP contribution in [0.25, 0.3) is 5.69 Å². The maximum Gasteiger partial charge on any atom is 0.0894 e. The molecule has 2 aromatic carbocycles. The minimum absolute atomic E-state index is 0.778. The molecule has 0 fully saturated rings. The van der Waals surface area contributed by atoms with Gasteiger partial charge in [0.25, 0.3) is 0 Å². The molecule has 4 nitrogen and oxygen atoms in total. The maximum absolute atomic E-state index is 4.05. The summed E-state index contributed by atoms with van der Waals surface area (Å²) in [4.78, 5) is 1.28. The molecule has 106 valence electrons. The van der Waals surface area contributed by atoms with E-state index < -0.39 is 0 Å². The lowest BCUT2D eigenvalue weighted by Gasteiger charge is -2.11. The molecule has 0 atom stereocenters. The van der Waals surface area contributed by atoms with Crippen LogP contribution in [0.2, 0.25) is 0 Å². The summed E-state index contributed by atoms with van der Waals surface area (Å²) in [6.45, 7) is 0.778. The SMILES string of the molecule is CSc1ccc(CNc2ccccc2-n2ccnn2)cc1. The average Bonchev–Trinajstić information content (AvgIpc) is 3.08. The first kappa shape index (κ1) is 13.7. The number of thioether (sulfide) groups is 1. The van der Waals surface area contributed by atoms with Crippen LogP contribution in [0.1, 0.15) is 5.56 Å². The summed E-state index contributed by atoms with van der Waals surface area (Å²) in [5.74, 6) is 0. The lowest BCUT2D eigenvalue weighted by Crippen LogP contribution is -2.05. The molecule has 1 aromatic heterocycles. The summed E-state index contributed by atoms with van der Waals surface area (Å²) in [5.41, 5.74) is 3.29. The second-order valence-electron chi connectivity index (χ2n) is 4.57. The van der Waals surface area contributed by atoms with Crippen molar-refractivity contribution >= 4 is 17.4 Å². The number of benzene rings is 2. The Morgan fingerprint density at radius 1 is 1.10 bits per heavy atom. The van der Waals surface area contributed by atoms with Crippen LogP contribution in [0.3, 0.4) is 0 Å². The molecule has 0 saturated heterocycles. The van der Waals surface area contributed by atoms with Gasteiger partial charge in [-0.15, -0.1) is 16.9 Å². The van der Waals surface area contributed by atoms with Crippen molar-refractivity contribution in [1.82, 2.24) is 15.0 Å². The number of nitrogens with zero attached hydrogens (tertiary/aromatic N) is 3. The highest BCUT2D eigenvalue weighted by molar-refractivity contribution is 7.98. The number of hydrogen-bond acceptors (Lipinski definition) is 4. The van der Waals surface area contributed by atoms with Gasteiger partial charge in [-0.3, -0.25) is 0 Å². The first-order valence-corrected chi connectivity index (χ1v) is 7.92. The summed E-state index contributed by atoms with van der Waals surface area (Å²) in [5, 5.41) is 11.4. The van der Waals surface area contributed by atoms with Crippen LogP contribution < -0.4 is 5.32 Å². The molecule has 21 heavy (non-hydrogen) atoms. The van der Waals surface area contributed by atoms with Crippen molar-refractivity contribution in [3.63, 3.8) is 0 Å². The van der Waals surface area contributed by atoms with E-state index in [2.05, 4.69) is 46.2 Å². The molecule has 3 aromatic rings. The van der Waals surface area contributed by atoms with E-state index in [4.69, 9.17) is 0 Å². The Hall–Kier alpha value is -2.27. The fourth-order valence-corrected chi connectivity index (χ4v) is 2.51. The van der Waals surface area contributed by atoms with Crippen LogP contribution in [0.4, 0.5) is 5.69 Å². The van der Waals surface area contributed by atoms with Gasteiger partial charge in [0.1, 0.15) is 0 Å². The zero-order chi connectivity index (χ0) is 14.5. The molecule has 0 bridgehead atoms. The third-order valence-electron chi connectivity index (χ3n) is 3.22. The standard InChI is InChI=1S/C16H16N4S/c1-21-14-8-6-13(7-9-14)12-17-15-4-2-3-5-16(15)20-11-10-18-19-20/h2-11,17H,12H2,1H3. The number of para-hydroxylation sites is 2. The molecule has 0 radical (unpaired) electrons. The Kier molecular flexibility index (Phi) is 4.21. The highest BCUT2D eigenvalue weighted by atomic mass is 32.2. The zero-order valence-corrected chi connectivity index (χ0v) is 12.5. The van der Waals surface area contributed by atoms with Gasteiger partial charge in [0.05, 0.1) is 23.8 Å². The van der Waals surface area contributed by atoms with Gasteiger partial charge < -0.3 is 5.32 Å². The van der Waals surface area contributed by atoms with Gasteiger partial charge >= 0.3 is 0 Å². The molecule has 3 rings (SSSR count). The van der Waals surface area contributed by atoms with Gasteiger partial charge in [-0.25, -0.2) is 4.68 Å². The molecule has 0 spiro atoms. The normalized spacial score (nSPS) is 10.5. The Morgan fingerprint density at radius 3 is 2.62 bits per heavy atom. The van der Waals surface area contributed by atoms with Crippen LogP contribution in [0.15, 0.2) is 65.8 Å². The maximum atomic E-state index is 4.05. The Labute approximate surface area is 128 Å². The fraction of sp³-hybridized carbons (Fsp3) is 0.125. The highest BCUT2D eigenvalue weighted by Gasteiger charge is 2.04. The monoisotopic (exact) mass is 296 g/mol. The number of rotatable bonds is 5. The fourth-order valence-electron chi connectivity index (χ4n) is 2.10. The van der Waals surface area contributed by atoms with Crippen molar-refractivity contribution in [2.45, 2.75) is 11.4 Å². The van der Waals surface area contributed by atoms with Crippen molar-refractivity contribution in [3.8, 4) is 5.69 Å². The largest absolute Gasteiger partial charge is 0.379 e. The number of anilines is 1. The molecule has 0 amide bonds. The summed E-state index contributed by atoms with van der Waals surface area (Å²) in [6.07, 6.45) is 5.60. The van der Waals surface area contributed by atoms with Crippen LogP contribution in [0, 0.1) is 0 Å². The van der Waals surface area contributed by atoms with E-state index in [0.717, 1.165) is 17.9 Å². The highest BCUT2D eigenvalue weighted by Crippen LogP contribution is 2.20. The summed E-state index contributed by atoms with van der Waals surface area (Å²) < 4.78 is 1.76. The molecular weight excluding hydrogens is 280 g/mol. The van der Waals surface area contributed by atoms with Crippen LogP contribution in [-0.4, -0.2) is 21.2 Å². The molecule has 0 aliphatic carbocycles. The topological polar surface area (TPSA) is 42.7 Å². The van der Waals surface area contributed by atoms with Crippen molar-refractivity contribution in [3.05, 3.63) is 66.5 Å². The van der Waals surface area contributed by atoms with Gasteiger partial charge in [-0.05, 0) is 36.1 Å². The number of nitrogens with one attached hydrogen (secondary N) is 1. The van der Waals surface area contributed by atoms with Crippen LogP contribution in [0.5, 0.6) is 0 Å². The third kappa shape index (κ3) is 3.25. The van der Waals surface area contributed by atoms with Gasteiger partial charge in [-0.2, -0.15) is 0 Å². The van der Waals surface area contributed by atoms with E-state index in [-0.39, 0.29) is 0 Å². The first-order valence-electron chi connectivity index (χ1n) is 6.69. The van der Waals surface area contributed by atoms with Gasteiger partial charge in [0.2, 0.25) is 0 Å². The van der Waals surface area contributed by atoms with Gasteiger partial charge in [-0.1, -0.05) is 29.5 Å². The third-order valence-corrected chi connectivity index (χ3v) is 3.96. The summed E-state index contributed by atoms with van der Waals surface area (Å²) in [7, 11) is 0. The van der Waals surface area contributed by atoms with E-state index in [0.29, 0.717) is 0 Å². The molecule has 0 saturated carbocycles. The van der Waals surface area contributed by atoms with Crippen molar-refractivity contribution < 1.29 is 0 Å². The zero-order valence-electron chi connectivity index (χ0n) is 11.7. The van der Waals surface area contributed by atoms with Crippen molar-refractivity contribution in [1.29, 1.82) is 0 Å². The quantitative estimate of drug-likeness (QED) is 0.731. The van der Waals surface area contributed by atoms with Gasteiger partial charge in [0.15, 0.2) is 0 Å². The minimum atomic E-state index is 0.778. The second kappa shape index (κ2) is 6.45. The van der Waals surface area contributed by atoms with E-state index in [1.807, 2.05) is 30.5 Å². The van der Waals surface area contributed by atoms with E-state index >= 15 is 0 Å². The summed E-state index contributed by atoms with van der Waals surface area (Å²) in [6, 6.07) is 16.7. The van der Waals surface area contributed by atoms with Gasteiger partial charge in [0, 0.05) is 11.4 Å². The number of hydrogen-bond donors (Lipinski definition) is 1. The second-order valence-corrected chi connectivity index (χ2v) is 5.45. The lowest BCUT2D eigenvalue weighted by molar-refractivity contribution is 0.803. The lowest BCUT2D eigenvalue weighted by atomic mass is 10.2. The molecule has 0 unspecified atom stereocenters. The predicted molar refractivity (Wildman–Crippen MR) is 86.9 cm³/mol. The molecule has 0 aliphatic rings. The first-order chi connectivity index (χ1) is 10.4. The van der Waals surface area contributed by atoms with E-state index in [9.17, 15) is 0 Å². The van der Waals surface area contributed by atoms with Crippen molar-refractivity contribution in [2.24, 2.45) is 0 Å². The van der Waals surface area contributed by atoms with E-state index in [1.165, 1.54) is 10.5 Å². The predicted octanol–water partition coefficient (Wildman–Crippen LogP) is 3.60. The molecular formula is C16H16N4S. The van der Waals surface area contributed by atoms with Crippen LogP contribution in [-0.2, 0) is 6.54 Å². The Bertz CT molecular complexity index is 693. The minimum Gasteiger partial charge on any atom is -0.379 e. The molecule has 1 N–H and O–H groups in total. The number of aromatic nitrogens is 3. The summed E-state index contributed by atoms with van der Waals surface area (Å²) >= 11 is 1.75. The van der Waals surface area contributed by atoms with Crippen LogP contribution >= 0.6 is 11.8 Å². The molecule has 0 aliphatic heterocycles.